The van der Waals surface area contributed by atoms with Crippen LogP contribution in [0.2, 0.25) is 5.02 Å². The lowest BCUT2D eigenvalue weighted by Gasteiger charge is -2.21. The molecule has 2 atom stereocenters. The minimum atomic E-state index is 0.567. The van der Waals surface area contributed by atoms with Crippen molar-refractivity contribution in [2.24, 2.45) is 5.92 Å². The standard InChI is InChI=1S/C15H22BrCl/c1-3-5-8-13(4-2)15(16)11-12-7-6-9-14(17)10-12/h6-7,9-10,13,15H,3-5,8,11H2,1-2H3. The number of alkyl halides is 1. The molecule has 0 bridgehead atoms. The lowest BCUT2D eigenvalue weighted by molar-refractivity contribution is 0.437. The number of halogens is 2. The summed E-state index contributed by atoms with van der Waals surface area (Å²) in [6.45, 7) is 4.54. The van der Waals surface area contributed by atoms with Crippen molar-refractivity contribution in [3.63, 3.8) is 0 Å². The molecule has 0 heterocycles. The van der Waals surface area contributed by atoms with E-state index in [9.17, 15) is 0 Å². The van der Waals surface area contributed by atoms with Gasteiger partial charge in [0.2, 0.25) is 0 Å². The molecule has 0 amide bonds. The van der Waals surface area contributed by atoms with Crippen LogP contribution >= 0.6 is 27.5 Å². The summed E-state index contributed by atoms with van der Waals surface area (Å²) in [7, 11) is 0. The summed E-state index contributed by atoms with van der Waals surface area (Å²) in [5, 5.41) is 0.837. The van der Waals surface area contributed by atoms with E-state index < -0.39 is 0 Å². The van der Waals surface area contributed by atoms with Gasteiger partial charge in [-0.1, -0.05) is 72.8 Å². The molecule has 2 heteroatoms. The maximum atomic E-state index is 6.01. The first kappa shape index (κ1) is 15.0. The maximum Gasteiger partial charge on any atom is 0.0408 e. The van der Waals surface area contributed by atoms with Crippen molar-refractivity contribution in [2.45, 2.75) is 50.8 Å². The second-order valence-electron chi connectivity index (χ2n) is 4.66. The summed E-state index contributed by atoms with van der Waals surface area (Å²) in [5.74, 6) is 0.772. The maximum absolute atomic E-state index is 6.01. The van der Waals surface area contributed by atoms with Crippen LogP contribution in [0.4, 0.5) is 0 Å². The number of rotatable bonds is 7. The molecule has 0 nitrogen and oxygen atoms in total. The molecule has 0 saturated carbocycles. The molecule has 0 aliphatic heterocycles. The molecule has 0 aliphatic carbocycles. The molecule has 2 unspecified atom stereocenters. The molecule has 0 fully saturated rings. The van der Waals surface area contributed by atoms with E-state index in [4.69, 9.17) is 11.6 Å². The number of unbranched alkanes of at least 4 members (excludes halogenated alkanes) is 1. The van der Waals surface area contributed by atoms with Crippen molar-refractivity contribution in [1.82, 2.24) is 0 Å². The molecule has 17 heavy (non-hydrogen) atoms. The Bertz CT molecular complexity index is 324. The van der Waals surface area contributed by atoms with Gasteiger partial charge < -0.3 is 0 Å². The van der Waals surface area contributed by atoms with Gasteiger partial charge in [0.25, 0.3) is 0 Å². The van der Waals surface area contributed by atoms with Crippen LogP contribution in [0, 0.1) is 5.92 Å². The topological polar surface area (TPSA) is 0 Å². The summed E-state index contributed by atoms with van der Waals surface area (Å²) >= 11 is 9.86. The van der Waals surface area contributed by atoms with Gasteiger partial charge in [0, 0.05) is 9.85 Å². The second-order valence-corrected chi connectivity index (χ2v) is 6.27. The Labute approximate surface area is 119 Å². The van der Waals surface area contributed by atoms with Gasteiger partial charge in [-0.3, -0.25) is 0 Å². The highest BCUT2D eigenvalue weighted by molar-refractivity contribution is 9.09. The van der Waals surface area contributed by atoms with Crippen molar-refractivity contribution < 1.29 is 0 Å². The molecule has 96 valence electrons. The third kappa shape index (κ3) is 5.44. The predicted octanol–water partition coefficient (Wildman–Crippen LogP) is 5.86. The normalized spacial score (nSPS) is 14.6. The van der Waals surface area contributed by atoms with Crippen molar-refractivity contribution >= 4 is 27.5 Å². The fraction of sp³-hybridized carbons (Fsp3) is 0.600. The van der Waals surface area contributed by atoms with E-state index in [2.05, 4.69) is 41.9 Å². The molecule has 0 N–H and O–H groups in total. The van der Waals surface area contributed by atoms with E-state index in [0.717, 1.165) is 17.4 Å². The van der Waals surface area contributed by atoms with Gasteiger partial charge in [-0.25, -0.2) is 0 Å². The van der Waals surface area contributed by atoms with E-state index in [0.29, 0.717) is 4.83 Å². The van der Waals surface area contributed by atoms with E-state index in [1.807, 2.05) is 12.1 Å². The Hall–Kier alpha value is -0.0100. The van der Waals surface area contributed by atoms with Crippen LogP contribution in [-0.2, 0) is 6.42 Å². The van der Waals surface area contributed by atoms with Gasteiger partial charge in [0.15, 0.2) is 0 Å². The van der Waals surface area contributed by atoms with Crippen LogP contribution in [0.15, 0.2) is 24.3 Å². The summed E-state index contributed by atoms with van der Waals surface area (Å²) in [4.78, 5) is 0.567. The molecule has 1 aromatic carbocycles. The molecule has 1 aromatic rings. The molecule has 1 rings (SSSR count). The first-order valence-electron chi connectivity index (χ1n) is 6.55. The highest BCUT2D eigenvalue weighted by Gasteiger charge is 2.17. The molecule has 0 spiro atoms. The van der Waals surface area contributed by atoms with E-state index in [-0.39, 0.29) is 0 Å². The van der Waals surface area contributed by atoms with Crippen LogP contribution in [0.1, 0.15) is 45.1 Å². The molecule has 0 radical (unpaired) electrons. The minimum Gasteiger partial charge on any atom is -0.0884 e. The minimum absolute atomic E-state index is 0.567. The Morgan fingerprint density at radius 1 is 1.29 bits per heavy atom. The first-order chi connectivity index (χ1) is 8.17. The monoisotopic (exact) mass is 316 g/mol. The second kappa shape index (κ2) is 8.16. The Morgan fingerprint density at radius 2 is 2.06 bits per heavy atom. The van der Waals surface area contributed by atoms with Gasteiger partial charge in [0.05, 0.1) is 0 Å². The number of hydrogen-bond donors (Lipinski definition) is 0. The summed E-state index contributed by atoms with van der Waals surface area (Å²) in [5.41, 5.74) is 1.33. The summed E-state index contributed by atoms with van der Waals surface area (Å²) in [6, 6.07) is 8.20. The first-order valence-corrected chi connectivity index (χ1v) is 7.85. The Morgan fingerprint density at radius 3 is 2.65 bits per heavy atom. The lowest BCUT2D eigenvalue weighted by Crippen LogP contribution is -2.16. The molecule has 0 aliphatic rings. The zero-order chi connectivity index (χ0) is 12.7. The van der Waals surface area contributed by atoms with E-state index in [1.165, 1.54) is 31.2 Å². The molecule has 0 aromatic heterocycles. The van der Waals surface area contributed by atoms with Gasteiger partial charge in [-0.2, -0.15) is 0 Å². The van der Waals surface area contributed by atoms with Crippen LogP contribution < -0.4 is 0 Å². The highest BCUT2D eigenvalue weighted by atomic mass is 79.9. The van der Waals surface area contributed by atoms with Gasteiger partial charge in [0.1, 0.15) is 0 Å². The fourth-order valence-electron chi connectivity index (χ4n) is 2.16. The van der Waals surface area contributed by atoms with Crippen molar-refractivity contribution in [1.29, 1.82) is 0 Å². The molecule has 0 saturated heterocycles. The third-order valence-electron chi connectivity index (χ3n) is 3.28. The van der Waals surface area contributed by atoms with Gasteiger partial charge in [-0.15, -0.1) is 0 Å². The van der Waals surface area contributed by atoms with Gasteiger partial charge >= 0.3 is 0 Å². The highest BCUT2D eigenvalue weighted by Crippen LogP contribution is 2.26. The average Bonchev–Trinajstić information content (AvgIpc) is 2.30. The molecular formula is C15H22BrCl. The van der Waals surface area contributed by atoms with Crippen molar-refractivity contribution in [3.8, 4) is 0 Å². The average molecular weight is 318 g/mol. The van der Waals surface area contributed by atoms with Crippen LogP contribution in [0.25, 0.3) is 0 Å². The largest absolute Gasteiger partial charge is 0.0884 e. The van der Waals surface area contributed by atoms with Crippen molar-refractivity contribution in [3.05, 3.63) is 34.9 Å². The van der Waals surface area contributed by atoms with Gasteiger partial charge in [-0.05, 0) is 36.5 Å². The zero-order valence-electron chi connectivity index (χ0n) is 10.8. The number of benzene rings is 1. The van der Waals surface area contributed by atoms with E-state index in [1.54, 1.807) is 0 Å². The van der Waals surface area contributed by atoms with Crippen LogP contribution in [0.3, 0.4) is 0 Å². The SMILES string of the molecule is CCCCC(CC)C(Br)Cc1cccc(Cl)c1. The predicted molar refractivity (Wildman–Crippen MR) is 81.2 cm³/mol. The zero-order valence-corrected chi connectivity index (χ0v) is 13.1. The Balaban J connectivity index is 2.54. The molecular weight excluding hydrogens is 296 g/mol. The smallest absolute Gasteiger partial charge is 0.0408 e. The van der Waals surface area contributed by atoms with Crippen LogP contribution in [0.5, 0.6) is 0 Å². The number of hydrogen-bond acceptors (Lipinski definition) is 0. The third-order valence-corrected chi connectivity index (χ3v) is 4.59. The van der Waals surface area contributed by atoms with Crippen molar-refractivity contribution in [2.75, 3.05) is 0 Å². The Kier molecular flexibility index (Phi) is 7.22. The lowest BCUT2D eigenvalue weighted by atomic mass is 9.92. The quantitative estimate of drug-likeness (QED) is 0.552. The van der Waals surface area contributed by atoms with E-state index >= 15 is 0 Å². The fourth-order valence-corrected chi connectivity index (χ4v) is 3.39. The summed E-state index contributed by atoms with van der Waals surface area (Å²) < 4.78 is 0. The van der Waals surface area contributed by atoms with Crippen LogP contribution in [-0.4, -0.2) is 4.83 Å². The summed E-state index contributed by atoms with van der Waals surface area (Å²) in [6.07, 6.45) is 6.26.